The number of nitrogens with zero attached hydrogens (tertiary/aromatic N) is 2. The van der Waals surface area contributed by atoms with Gasteiger partial charge in [0.1, 0.15) is 0 Å². The van der Waals surface area contributed by atoms with Gasteiger partial charge in [-0.15, -0.1) is 0 Å². The SMILES string of the molecule is COc1cc2nccc(N3CCC(NS(=O)(=O)OC(N)=O)CC3)c2cc1OC. The van der Waals surface area contributed by atoms with Gasteiger partial charge in [0.15, 0.2) is 11.5 Å². The van der Waals surface area contributed by atoms with E-state index in [1.807, 2.05) is 18.2 Å². The quantitative estimate of drug-likeness (QED) is 0.725. The van der Waals surface area contributed by atoms with Crippen LogP contribution in [0.4, 0.5) is 10.5 Å². The van der Waals surface area contributed by atoms with Crippen LogP contribution in [0, 0.1) is 0 Å². The molecule has 0 aliphatic carbocycles. The number of primary amides is 1. The third kappa shape index (κ3) is 4.37. The van der Waals surface area contributed by atoms with Crippen molar-refractivity contribution in [3.05, 3.63) is 24.4 Å². The molecule has 1 amide bonds. The summed E-state index contributed by atoms with van der Waals surface area (Å²) in [5, 5.41) is 0.913. The molecule has 152 valence electrons. The number of fused-ring (bicyclic) bond motifs is 1. The smallest absolute Gasteiger partial charge is 0.421 e. The average molecular weight is 410 g/mol. The first-order valence-electron chi connectivity index (χ1n) is 8.60. The van der Waals surface area contributed by atoms with E-state index in [0.29, 0.717) is 37.4 Å². The molecular weight excluding hydrogens is 388 g/mol. The largest absolute Gasteiger partial charge is 0.493 e. The van der Waals surface area contributed by atoms with Gasteiger partial charge in [-0.3, -0.25) is 4.98 Å². The number of carbonyl (C=O) groups excluding carboxylic acids is 1. The number of aromatic nitrogens is 1. The molecule has 3 rings (SSSR count). The Balaban J connectivity index is 1.77. The topological polar surface area (TPSA) is 133 Å². The van der Waals surface area contributed by atoms with Crippen molar-refractivity contribution in [3.8, 4) is 11.5 Å². The molecule has 1 aliphatic heterocycles. The molecule has 2 aromatic rings. The van der Waals surface area contributed by atoms with E-state index < -0.39 is 16.4 Å². The number of rotatable bonds is 6. The summed E-state index contributed by atoms with van der Waals surface area (Å²) >= 11 is 0. The van der Waals surface area contributed by atoms with Crippen LogP contribution in [-0.4, -0.2) is 52.8 Å². The summed E-state index contributed by atoms with van der Waals surface area (Å²) in [5.74, 6) is 1.21. The van der Waals surface area contributed by atoms with Gasteiger partial charge in [0, 0.05) is 42.5 Å². The van der Waals surface area contributed by atoms with Crippen molar-refractivity contribution in [2.45, 2.75) is 18.9 Å². The number of amides is 1. The lowest BCUT2D eigenvalue weighted by molar-refractivity contribution is 0.211. The Morgan fingerprint density at radius 3 is 2.46 bits per heavy atom. The summed E-state index contributed by atoms with van der Waals surface area (Å²) in [6.45, 7) is 1.22. The number of anilines is 1. The van der Waals surface area contributed by atoms with E-state index in [9.17, 15) is 13.2 Å². The molecule has 10 nitrogen and oxygen atoms in total. The van der Waals surface area contributed by atoms with E-state index in [2.05, 4.69) is 18.8 Å². The maximum Gasteiger partial charge on any atom is 0.421 e. The average Bonchev–Trinajstić information content (AvgIpc) is 2.65. The van der Waals surface area contributed by atoms with Crippen molar-refractivity contribution in [3.63, 3.8) is 0 Å². The predicted octanol–water partition coefficient (Wildman–Crippen LogP) is 1.15. The van der Waals surface area contributed by atoms with Crippen molar-refractivity contribution >= 4 is 33.0 Å². The number of carbonyl (C=O) groups is 1. The van der Waals surface area contributed by atoms with Crippen molar-refractivity contribution in [2.75, 3.05) is 32.2 Å². The lowest BCUT2D eigenvalue weighted by Gasteiger charge is -2.34. The first kappa shape index (κ1) is 20.0. The maximum atomic E-state index is 11.7. The molecule has 1 aromatic carbocycles. The first-order valence-corrected chi connectivity index (χ1v) is 10.0. The number of nitrogens with one attached hydrogen (secondary N) is 1. The molecule has 0 bridgehead atoms. The Kier molecular flexibility index (Phi) is 5.75. The summed E-state index contributed by atoms with van der Waals surface area (Å²) in [6, 6.07) is 5.27. The molecule has 0 saturated carbocycles. The highest BCUT2D eigenvalue weighted by molar-refractivity contribution is 7.85. The monoisotopic (exact) mass is 410 g/mol. The fourth-order valence-electron chi connectivity index (χ4n) is 3.31. The molecule has 1 aliphatic rings. The van der Waals surface area contributed by atoms with Crippen LogP contribution < -0.4 is 24.8 Å². The van der Waals surface area contributed by atoms with Gasteiger partial charge in [-0.2, -0.15) is 13.1 Å². The minimum absolute atomic E-state index is 0.344. The molecule has 0 atom stereocenters. The van der Waals surface area contributed by atoms with E-state index >= 15 is 0 Å². The van der Waals surface area contributed by atoms with Gasteiger partial charge in [0.05, 0.1) is 19.7 Å². The number of nitrogens with two attached hydrogens (primary N) is 1. The predicted molar refractivity (Wildman–Crippen MR) is 103 cm³/mol. The Hall–Kier alpha value is -2.79. The maximum absolute atomic E-state index is 11.7. The summed E-state index contributed by atoms with van der Waals surface area (Å²) < 4.78 is 40.5. The third-order valence-corrected chi connectivity index (χ3v) is 5.57. The normalized spacial score (nSPS) is 15.4. The molecular formula is C17H22N4O6S. The number of hydrogen-bond donors (Lipinski definition) is 2. The molecule has 2 heterocycles. The summed E-state index contributed by atoms with van der Waals surface area (Å²) in [5.41, 5.74) is 6.51. The molecule has 1 saturated heterocycles. The zero-order chi connectivity index (χ0) is 20.3. The van der Waals surface area contributed by atoms with Gasteiger partial charge in [0.2, 0.25) is 0 Å². The second-order valence-corrected chi connectivity index (χ2v) is 7.60. The number of pyridine rings is 1. The van der Waals surface area contributed by atoms with Crippen LogP contribution in [0.2, 0.25) is 0 Å². The highest BCUT2D eigenvalue weighted by Gasteiger charge is 2.26. The van der Waals surface area contributed by atoms with Gasteiger partial charge >= 0.3 is 16.4 Å². The van der Waals surface area contributed by atoms with Crippen molar-refractivity contribution in [1.29, 1.82) is 0 Å². The van der Waals surface area contributed by atoms with E-state index in [-0.39, 0.29) is 6.04 Å². The minimum atomic E-state index is -4.20. The third-order valence-electron chi connectivity index (χ3n) is 4.56. The fourth-order valence-corrected chi connectivity index (χ4v) is 4.22. The van der Waals surface area contributed by atoms with Crippen LogP contribution in [0.25, 0.3) is 10.9 Å². The van der Waals surface area contributed by atoms with Crippen LogP contribution in [0.1, 0.15) is 12.8 Å². The lowest BCUT2D eigenvalue weighted by atomic mass is 10.0. The number of hydrogen-bond acceptors (Lipinski definition) is 8. The van der Waals surface area contributed by atoms with E-state index in [0.717, 1.165) is 16.6 Å². The standard InChI is InChI=1S/C17H22N4O6S/c1-25-15-9-12-13(10-16(15)26-2)19-6-3-14(12)21-7-4-11(5-8-21)20-28(23,24)27-17(18)22/h3,6,9-11,20H,4-5,7-8H2,1-2H3,(H2,18,22). The van der Waals surface area contributed by atoms with Crippen molar-refractivity contribution in [1.82, 2.24) is 9.71 Å². The minimum Gasteiger partial charge on any atom is -0.493 e. The Morgan fingerprint density at radius 2 is 1.86 bits per heavy atom. The van der Waals surface area contributed by atoms with Crippen molar-refractivity contribution in [2.24, 2.45) is 5.73 Å². The first-order chi connectivity index (χ1) is 13.3. The highest BCUT2D eigenvalue weighted by Crippen LogP contribution is 2.36. The molecule has 3 N–H and O–H groups in total. The Labute approximate surface area is 162 Å². The van der Waals surface area contributed by atoms with Gasteiger partial charge in [-0.05, 0) is 25.0 Å². The summed E-state index contributed by atoms with van der Waals surface area (Å²) in [7, 11) is -1.05. The van der Waals surface area contributed by atoms with Crippen LogP contribution in [0.5, 0.6) is 11.5 Å². The number of benzene rings is 1. The second kappa shape index (κ2) is 8.07. The number of ether oxygens (including phenoxy) is 2. The van der Waals surface area contributed by atoms with Gasteiger partial charge < -0.3 is 24.3 Å². The van der Waals surface area contributed by atoms with Gasteiger partial charge in [-0.1, -0.05) is 0 Å². The van der Waals surface area contributed by atoms with E-state index in [1.165, 1.54) is 0 Å². The van der Waals surface area contributed by atoms with Crippen LogP contribution in [0.15, 0.2) is 24.4 Å². The second-order valence-electron chi connectivity index (χ2n) is 6.29. The summed E-state index contributed by atoms with van der Waals surface area (Å²) in [6.07, 6.45) is 1.44. The molecule has 1 fully saturated rings. The zero-order valence-corrected chi connectivity index (χ0v) is 16.4. The van der Waals surface area contributed by atoms with Crippen LogP contribution in [0.3, 0.4) is 0 Å². The molecule has 0 spiro atoms. The number of methoxy groups -OCH3 is 2. The van der Waals surface area contributed by atoms with E-state index in [4.69, 9.17) is 15.2 Å². The molecule has 1 aromatic heterocycles. The van der Waals surface area contributed by atoms with Gasteiger partial charge in [-0.25, -0.2) is 4.79 Å². The fraction of sp³-hybridized carbons (Fsp3) is 0.412. The van der Waals surface area contributed by atoms with Crippen LogP contribution >= 0.6 is 0 Å². The zero-order valence-electron chi connectivity index (χ0n) is 15.5. The van der Waals surface area contributed by atoms with E-state index in [1.54, 1.807) is 20.4 Å². The Morgan fingerprint density at radius 1 is 1.21 bits per heavy atom. The van der Waals surface area contributed by atoms with Crippen molar-refractivity contribution < 1.29 is 26.9 Å². The van der Waals surface area contributed by atoms with Crippen LogP contribution in [-0.2, 0) is 14.5 Å². The summed E-state index contributed by atoms with van der Waals surface area (Å²) in [4.78, 5) is 17.2. The molecule has 28 heavy (non-hydrogen) atoms. The molecule has 11 heteroatoms. The van der Waals surface area contributed by atoms with Gasteiger partial charge in [0.25, 0.3) is 0 Å². The number of piperidine rings is 1. The highest BCUT2D eigenvalue weighted by atomic mass is 32.2. The molecule has 0 radical (unpaired) electrons. The Bertz CT molecular complexity index is 973. The lowest BCUT2D eigenvalue weighted by Crippen LogP contribution is -2.45. The molecule has 0 unspecified atom stereocenters.